The van der Waals surface area contributed by atoms with Gasteiger partial charge in [-0.3, -0.25) is 4.98 Å². The zero-order chi connectivity index (χ0) is 16.2. The standard InChI is InChI=1S/C17H24FN5/c1-21(2)10-11-22-9-7-20-17(22)14-4-3-8-23(13-14)16-5-6-19-12-15(16)18/h5-7,9,12,14H,3-4,8,10-11,13H2,1-2H3/t14-/m0/s1. The minimum atomic E-state index is -0.246. The van der Waals surface area contributed by atoms with E-state index in [0.717, 1.165) is 44.8 Å². The van der Waals surface area contributed by atoms with Crippen molar-refractivity contribution in [1.29, 1.82) is 0 Å². The van der Waals surface area contributed by atoms with E-state index in [1.165, 1.54) is 6.20 Å². The second-order valence-electron chi connectivity index (χ2n) is 6.39. The fourth-order valence-electron chi connectivity index (χ4n) is 3.21. The van der Waals surface area contributed by atoms with Crippen LogP contribution >= 0.6 is 0 Å². The molecule has 5 nitrogen and oxygen atoms in total. The molecule has 0 radical (unpaired) electrons. The molecule has 1 aliphatic rings. The molecule has 3 heterocycles. The summed E-state index contributed by atoms with van der Waals surface area (Å²) in [5, 5.41) is 0. The molecule has 0 spiro atoms. The highest BCUT2D eigenvalue weighted by Gasteiger charge is 2.26. The van der Waals surface area contributed by atoms with Crippen LogP contribution in [0.1, 0.15) is 24.6 Å². The molecule has 124 valence electrons. The number of imidazole rings is 1. The average Bonchev–Trinajstić information content (AvgIpc) is 3.02. The lowest BCUT2D eigenvalue weighted by molar-refractivity contribution is 0.373. The zero-order valence-electron chi connectivity index (χ0n) is 13.8. The molecule has 0 unspecified atom stereocenters. The molecule has 0 N–H and O–H groups in total. The van der Waals surface area contributed by atoms with Crippen LogP contribution in [-0.4, -0.2) is 53.2 Å². The summed E-state index contributed by atoms with van der Waals surface area (Å²) in [6, 6.07) is 1.76. The molecule has 1 fully saturated rings. The molecule has 6 heteroatoms. The van der Waals surface area contributed by atoms with Crippen molar-refractivity contribution in [2.45, 2.75) is 25.3 Å². The number of pyridine rings is 1. The summed E-state index contributed by atoms with van der Waals surface area (Å²) in [4.78, 5) is 12.7. The number of nitrogens with zero attached hydrogens (tertiary/aromatic N) is 5. The van der Waals surface area contributed by atoms with Crippen molar-refractivity contribution in [3.63, 3.8) is 0 Å². The lowest BCUT2D eigenvalue weighted by atomic mass is 9.96. The van der Waals surface area contributed by atoms with Gasteiger partial charge in [0.15, 0.2) is 5.82 Å². The predicted octanol–water partition coefficient (Wildman–Crippen LogP) is 2.36. The first kappa shape index (κ1) is 15.9. The van der Waals surface area contributed by atoms with Crippen LogP contribution in [0.2, 0.25) is 0 Å². The Balaban J connectivity index is 1.74. The van der Waals surface area contributed by atoms with Gasteiger partial charge >= 0.3 is 0 Å². The first-order valence-corrected chi connectivity index (χ1v) is 8.15. The van der Waals surface area contributed by atoms with Gasteiger partial charge in [-0.15, -0.1) is 0 Å². The van der Waals surface area contributed by atoms with Crippen LogP contribution in [-0.2, 0) is 6.54 Å². The third-order valence-corrected chi connectivity index (χ3v) is 4.41. The van der Waals surface area contributed by atoms with Crippen molar-refractivity contribution in [1.82, 2.24) is 19.4 Å². The van der Waals surface area contributed by atoms with Gasteiger partial charge < -0.3 is 14.4 Å². The highest BCUT2D eigenvalue weighted by atomic mass is 19.1. The number of piperidine rings is 1. The third kappa shape index (κ3) is 3.69. The highest BCUT2D eigenvalue weighted by Crippen LogP contribution is 2.30. The molecule has 0 aliphatic carbocycles. The lowest BCUT2D eigenvalue weighted by Crippen LogP contribution is -2.36. The number of aromatic nitrogens is 3. The molecule has 1 saturated heterocycles. The monoisotopic (exact) mass is 317 g/mol. The number of anilines is 1. The van der Waals surface area contributed by atoms with Gasteiger partial charge in [-0.05, 0) is 33.0 Å². The zero-order valence-corrected chi connectivity index (χ0v) is 13.8. The van der Waals surface area contributed by atoms with Gasteiger partial charge in [0.25, 0.3) is 0 Å². The maximum Gasteiger partial charge on any atom is 0.164 e. The minimum Gasteiger partial charge on any atom is -0.368 e. The third-order valence-electron chi connectivity index (χ3n) is 4.41. The molecular weight excluding hydrogens is 293 g/mol. The Morgan fingerprint density at radius 1 is 1.35 bits per heavy atom. The number of likely N-dealkylation sites (N-methyl/N-ethyl adjacent to an activating group) is 1. The Hall–Kier alpha value is -1.95. The van der Waals surface area contributed by atoms with Crippen molar-refractivity contribution in [2.24, 2.45) is 0 Å². The normalized spacial score (nSPS) is 18.6. The summed E-state index contributed by atoms with van der Waals surface area (Å²) in [5.41, 5.74) is 0.649. The smallest absolute Gasteiger partial charge is 0.164 e. The van der Waals surface area contributed by atoms with E-state index in [9.17, 15) is 4.39 Å². The van der Waals surface area contributed by atoms with Crippen LogP contribution in [0.3, 0.4) is 0 Å². The molecule has 0 bridgehead atoms. The molecule has 2 aromatic heterocycles. The Kier molecular flexibility index (Phi) is 4.91. The van der Waals surface area contributed by atoms with Crippen molar-refractivity contribution < 1.29 is 4.39 Å². The quantitative estimate of drug-likeness (QED) is 0.848. The number of hydrogen-bond acceptors (Lipinski definition) is 4. The van der Waals surface area contributed by atoms with Crippen LogP contribution in [0.5, 0.6) is 0 Å². The topological polar surface area (TPSA) is 37.2 Å². The Bertz CT molecular complexity index is 639. The summed E-state index contributed by atoms with van der Waals surface area (Å²) in [7, 11) is 4.15. The van der Waals surface area contributed by atoms with Gasteiger partial charge in [0.05, 0.1) is 11.9 Å². The van der Waals surface area contributed by atoms with E-state index in [-0.39, 0.29) is 5.82 Å². The minimum absolute atomic E-state index is 0.246. The van der Waals surface area contributed by atoms with Crippen molar-refractivity contribution in [2.75, 3.05) is 38.6 Å². The first-order valence-electron chi connectivity index (χ1n) is 8.15. The maximum atomic E-state index is 14.0. The van der Waals surface area contributed by atoms with Gasteiger partial charge in [0, 0.05) is 50.7 Å². The van der Waals surface area contributed by atoms with Gasteiger partial charge in [-0.2, -0.15) is 0 Å². The van der Waals surface area contributed by atoms with E-state index in [1.807, 2.05) is 12.4 Å². The summed E-state index contributed by atoms with van der Waals surface area (Å²) in [6.07, 6.45) is 9.01. The van der Waals surface area contributed by atoms with Crippen LogP contribution in [0.15, 0.2) is 30.9 Å². The van der Waals surface area contributed by atoms with Crippen LogP contribution < -0.4 is 4.90 Å². The average molecular weight is 317 g/mol. The summed E-state index contributed by atoms with van der Waals surface area (Å²) >= 11 is 0. The molecule has 0 amide bonds. The fraction of sp³-hybridized carbons (Fsp3) is 0.529. The van der Waals surface area contributed by atoms with Crippen LogP contribution in [0.25, 0.3) is 0 Å². The number of hydrogen-bond donors (Lipinski definition) is 0. The van der Waals surface area contributed by atoms with Gasteiger partial charge in [0.1, 0.15) is 5.82 Å². The molecule has 0 aromatic carbocycles. The van der Waals surface area contributed by atoms with Crippen molar-refractivity contribution >= 4 is 5.69 Å². The summed E-state index contributed by atoms with van der Waals surface area (Å²) < 4.78 is 16.2. The van der Waals surface area contributed by atoms with E-state index < -0.39 is 0 Å². The molecule has 2 aromatic rings. The first-order chi connectivity index (χ1) is 11.1. The molecule has 3 rings (SSSR count). The van der Waals surface area contributed by atoms with Gasteiger partial charge in [-0.25, -0.2) is 9.37 Å². The SMILES string of the molecule is CN(C)CCn1ccnc1[C@H]1CCCN(c2ccncc2F)C1. The summed E-state index contributed by atoms with van der Waals surface area (Å²) in [6.45, 7) is 3.61. The van der Waals surface area contributed by atoms with E-state index in [2.05, 4.69) is 38.4 Å². The number of halogens is 1. The molecule has 1 atom stereocenters. The van der Waals surface area contributed by atoms with Crippen molar-refractivity contribution in [3.05, 3.63) is 42.5 Å². The van der Waals surface area contributed by atoms with E-state index in [1.54, 1.807) is 12.3 Å². The van der Waals surface area contributed by atoms with E-state index in [0.29, 0.717) is 11.6 Å². The van der Waals surface area contributed by atoms with Crippen LogP contribution in [0, 0.1) is 5.82 Å². The van der Waals surface area contributed by atoms with E-state index in [4.69, 9.17) is 0 Å². The molecule has 0 saturated carbocycles. The maximum absolute atomic E-state index is 14.0. The summed E-state index contributed by atoms with van der Waals surface area (Å²) in [5.74, 6) is 1.21. The Labute approximate surface area is 136 Å². The Morgan fingerprint density at radius 2 is 2.22 bits per heavy atom. The number of rotatable bonds is 5. The lowest BCUT2D eigenvalue weighted by Gasteiger charge is -2.34. The fourth-order valence-corrected chi connectivity index (χ4v) is 3.21. The van der Waals surface area contributed by atoms with Gasteiger partial charge in [0.2, 0.25) is 0 Å². The predicted molar refractivity (Wildman–Crippen MR) is 89.2 cm³/mol. The Morgan fingerprint density at radius 3 is 3.00 bits per heavy atom. The van der Waals surface area contributed by atoms with Gasteiger partial charge in [-0.1, -0.05) is 0 Å². The van der Waals surface area contributed by atoms with Crippen molar-refractivity contribution in [3.8, 4) is 0 Å². The molecule has 23 heavy (non-hydrogen) atoms. The highest BCUT2D eigenvalue weighted by molar-refractivity contribution is 5.47. The molecule has 1 aliphatic heterocycles. The second-order valence-corrected chi connectivity index (χ2v) is 6.39. The molecular formula is C17H24FN5. The van der Waals surface area contributed by atoms with E-state index >= 15 is 0 Å². The second kappa shape index (κ2) is 7.08. The largest absolute Gasteiger partial charge is 0.368 e. The van der Waals surface area contributed by atoms with Crippen LogP contribution in [0.4, 0.5) is 10.1 Å².